The van der Waals surface area contributed by atoms with E-state index < -0.39 is 5.97 Å². The van der Waals surface area contributed by atoms with Crippen LogP contribution in [0, 0.1) is 18.8 Å². The molecular formula is C13H20N2O3S. The molecule has 1 aromatic heterocycles. The van der Waals surface area contributed by atoms with Gasteiger partial charge in [-0.05, 0) is 25.2 Å². The first kappa shape index (κ1) is 15.6. The van der Waals surface area contributed by atoms with Crippen molar-refractivity contribution in [3.8, 4) is 0 Å². The van der Waals surface area contributed by atoms with Crippen LogP contribution >= 0.6 is 11.3 Å². The molecule has 0 aliphatic heterocycles. The minimum atomic E-state index is -0.829. The van der Waals surface area contributed by atoms with Crippen molar-refractivity contribution >= 4 is 23.2 Å². The molecule has 1 amide bonds. The molecular weight excluding hydrogens is 264 g/mol. The summed E-state index contributed by atoms with van der Waals surface area (Å²) in [6, 6.07) is 0. The van der Waals surface area contributed by atoms with Gasteiger partial charge in [-0.3, -0.25) is 9.59 Å². The lowest BCUT2D eigenvalue weighted by Gasteiger charge is -2.17. The Kier molecular flexibility index (Phi) is 5.95. The van der Waals surface area contributed by atoms with Crippen molar-refractivity contribution in [1.29, 1.82) is 0 Å². The summed E-state index contributed by atoms with van der Waals surface area (Å²) in [4.78, 5) is 26.7. The summed E-state index contributed by atoms with van der Waals surface area (Å²) in [5.41, 5.74) is 0.404. The zero-order valence-corrected chi connectivity index (χ0v) is 12.3. The van der Waals surface area contributed by atoms with Gasteiger partial charge in [0.05, 0.1) is 5.01 Å². The van der Waals surface area contributed by atoms with Crippen LogP contribution in [0.25, 0.3) is 0 Å². The van der Waals surface area contributed by atoms with Gasteiger partial charge in [-0.1, -0.05) is 13.8 Å². The van der Waals surface area contributed by atoms with Gasteiger partial charge in [-0.2, -0.15) is 0 Å². The number of carbonyl (C=O) groups is 2. The largest absolute Gasteiger partial charge is 0.481 e. The van der Waals surface area contributed by atoms with Crippen molar-refractivity contribution in [1.82, 2.24) is 10.3 Å². The number of amides is 1. The molecule has 0 fully saturated rings. The fraction of sp³-hybridized carbons (Fsp3) is 0.615. The summed E-state index contributed by atoms with van der Waals surface area (Å²) in [5.74, 6) is -0.697. The van der Waals surface area contributed by atoms with Crippen LogP contribution in [0.2, 0.25) is 0 Å². The second-order valence-electron chi connectivity index (χ2n) is 5.06. The monoisotopic (exact) mass is 284 g/mol. The number of hydrogen-bond donors (Lipinski definition) is 2. The van der Waals surface area contributed by atoms with Crippen molar-refractivity contribution in [2.45, 2.75) is 33.6 Å². The van der Waals surface area contributed by atoms with E-state index in [-0.39, 0.29) is 18.2 Å². The fourth-order valence-corrected chi connectivity index (χ4v) is 2.54. The molecule has 0 aliphatic rings. The third kappa shape index (κ3) is 5.83. The number of thiazole rings is 1. The molecule has 0 saturated carbocycles. The zero-order chi connectivity index (χ0) is 14.4. The first-order valence-corrected chi connectivity index (χ1v) is 7.18. The van der Waals surface area contributed by atoms with E-state index in [0.29, 0.717) is 18.2 Å². The highest BCUT2D eigenvalue weighted by Gasteiger charge is 2.17. The molecule has 0 aliphatic carbocycles. The smallest absolute Gasteiger partial charge is 0.303 e. The van der Waals surface area contributed by atoms with Crippen molar-refractivity contribution in [3.63, 3.8) is 0 Å². The van der Waals surface area contributed by atoms with Crippen molar-refractivity contribution in [2.24, 2.45) is 11.8 Å². The maximum atomic E-state index is 11.8. The second-order valence-corrected chi connectivity index (χ2v) is 6.12. The number of hydrogen-bond acceptors (Lipinski definition) is 4. The Morgan fingerprint density at radius 1 is 1.47 bits per heavy atom. The SMILES string of the molecule is Cc1nc(C(=O)NC[C@H](CC(=O)O)CC(C)C)cs1. The van der Waals surface area contributed by atoms with Crippen molar-refractivity contribution in [2.75, 3.05) is 6.54 Å². The average Bonchev–Trinajstić information content (AvgIpc) is 2.71. The number of rotatable bonds is 7. The van der Waals surface area contributed by atoms with Gasteiger partial charge < -0.3 is 10.4 Å². The lowest BCUT2D eigenvalue weighted by molar-refractivity contribution is -0.138. The van der Waals surface area contributed by atoms with E-state index in [9.17, 15) is 9.59 Å². The van der Waals surface area contributed by atoms with E-state index in [1.165, 1.54) is 11.3 Å². The van der Waals surface area contributed by atoms with Crippen LogP contribution in [0.5, 0.6) is 0 Å². The molecule has 0 aromatic carbocycles. The van der Waals surface area contributed by atoms with Crippen molar-refractivity contribution in [3.05, 3.63) is 16.1 Å². The summed E-state index contributed by atoms with van der Waals surface area (Å²) in [7, 11) is 0. The van der Waals surface area contributed by atoms with Gasteiger partial charge in [0, 0.05) is 18.3 Å². The van der Waals surface area contributed by atoms with Gasteiger partial charge in [0.1, 0.15) is 5.69 Å². The molecule has 0 radical (unpaired) electrons. The van der Waals surface area contributed by atoms with Crippen molar-refractivity contribution < 1.29 is 14.7 Å². The molecule has 1 aromatic rings. The topological polar surface area (TPSA) is 79.3 Å². The molecule has 2 N–H and O–H groups in total. The molecule has 1 rings (SSSR count). The summed E-state index contributed by atoms with van der Waals surface area (Å²) in [6.45, 7) is 6.30. The average molecular weight is 284 g/mol. The Balaban J connectivity index is 2.50. The van der Waals surface area contributed by atoms with E-state index in [2.05, 4.69) is 10.3 Å². The number of nitrogens with one attached hydrogen (secondary N) is 1. The maximum Gasteiger partial charge on any atom is 0.303 e. The van der Waals surface area contributed by atoms with Crippen LogP contribution in [-0.4, -0.2) is 28.5 Å². The molecule has 0 spiro atoms. The summed E-state index contributed by atoms with van der Waals surface area (Å²) in [6.07, 6.45) is 0.858. The predicted molar refractivity (Wildman–Crippen MR) is 74.4 cm³/mol. The molecule has 1 heterocycles. The minimum absolute atomic E-state index is 0.0406. The normalized spacial score (nSPS) is 12.4. The van der Waals surface area contributed by atoms with Gasteiger partial charge in [-0.25, -0.2) is 4.98 Å². The lowest BCUT2D eigenvalue weighted by atomic mass is 9.94. The van der Waals surface area contributed by atoms with Crippen LogP contribution in [0.4, 0.5) is 0 Å². The van der Waals surface area contributed by atoms with Gasteiger partial charge in [-0.15, -0.1) is 11.3 Å². The first-order chi connectivity index (χ1) is 8.88. The van der Waals surface area contributed by atoms with Crippen LogP contribution in [0.1, 0.15) is 42.2 Å². The number of carbonyl (C=O) groups excluding carboxylic acids is 1. The maximum absolute atomic E-state index is 11.8. The van der Waals surface area contributed by atoms with Crippen LogP contribution in [0.3, 0.4) is 0 Å². The van der Waals surface area contributed by atoms with E-state index >= 15 is 0 Å². The van der Waals surface area contributed by atoms with Crippen LogP contribution in [0.15, 0.2) is 5.38 Å². The Hall–Kier alpha value is -1.43. The van der Waals surface area contributed by atoms with E-state index in [4.69, 9.17) is 5.11 Å². The number of carboxylic acids is 1. The lowest BCUT2D eigenvalue weighted by Crippen LogP contribution is -2.31. The second kappa shape index (κ2) is 7.23. The minimum Gasteiger partial charge on any atom is -0.481 e. The summed E-state index contributed by atoms with van der Waals surface area (Å²) >= 11 is 1.42. The first-order valence-electron chi connectivity index (χ1n) is 6.30. The van der Waals surface area contributed by atoms with Gasteiger partial charge in [0.2, 0.25) is 0 Å². The molecule has 6 heteroatoms. The highest BCUT2D eigenvalue weighted by molar-refractivity contribution is 7.09. The van der Waals surface area contributed by atoms with Gasteiger partial charge >= 0.3 is 5.97 Å². The molecule has 0 saturated heterocycles. The highest BCUT2D eigenvalue weighted by atomic mass is 32.1. The molecule has 0 bridgehead atoms. The van der Waals surface area contributed by atoms with Gasteiger partial charge in [0.25, 0.3) is 5.91 Å². The number of aromatic nitrogens is 1. The zero-order valence-electron chi connectivity index (χ0n) is 11.5. The Bertz CT molecular complexity index is 443. The quantitative estimate of drug-likeness (QED) is 0.805. The molecule has 0 unspecified atom stereocenters. The standard InChI is InChI=1S/C13H20N2O3S/c1-8(2)4-10(5-12(16)17)6-14-13(18)11-7-19-9(3)15-11/h7-8,10H,4-6H2,1-3H3,(H,14,18)(H,16,17)/t10-/m0/s1. The Morgan fingerprint density at radius 2 is 2.16 bits per heavy atom. The van der Waals surface area contributed by atoms with Crippen LogP contribution < -0.4 is 5.32 Å². The summed E-state index contributed by atoms with van der Waals surface area (Å²) < 4.78 is 0. The van der Waals surface area contributed by atoms with Crippen LogP contribution in [-0.2, 0) is 4.79 Å². The predicted octanol–water partition coefficient (Wildman–Crippen LogP) is 2.32. The van der Waals surface area contributed by atoms with E-state index in [1.807, 2.05) is 20.8 Å². The third-order valence-electron chi connectivity index (χ3n) is 2.67. The van der Waals surface area contributed by atoms with E-state index in [0.717, 1.165) is 11.4 Å². The third-order valence-corrected chi connectivity index (χ3v) is 3.44. The number of aryl methyl sites for hydroxylation is 1. The molecule has 19 heavy (non-hydrogen) atoms. The van der Waals surface area contributed by atoms with Gasteiger partial charge in [0.15, 0.2) is 0 Å². The summed E-state index contributed by atoms with van der Waals surface area (Å²) in [5, 5.41) is 14.2. The highest BCUT2D eigenvalue weighted by Crippen LogP contribution is 2.15. The fourth-order valence-electron chi connectivity index (χ4n) is 1.95. The molecule has 5 nitrogen and oxygen atoms in total. The Morgan fingerprint density at radius 3 is 2.63 bits per heavy atom. The molecule has 1 atom stereocenters. The number of aliphatic carboxylic acids is 1. The Labute approximate surface area is 117 Å². The number of nitrogens with zero attached hydrogens (tertiary/aromatic N) is 1. The molecule has 106 valence electrons. The number of carboxylic acid groups (broad SMARTS) is 1. The van der Waals surface area contributed by atoms with E-state index in [1.54, 1.807) is 5.38 Å².